The first-order valence-corrected chi connectivity index (χ1v) is 11.7. The van der Waals surface area contributed by atoms with Crippen LogP contribution in [0.4, 0.5) is 27.9 Å². The molecule has 9 heteroatoms. The summed E-state index contributed by atoms with van der Waals surface area (Å²) >= 11 is 0. The highest BCUT2D eigenvalue weighted by Crippen LogP contribution is 2.26. The third kappa shape index (κ3) is 5.97. The smallest absolute Gasteiger partial charge is 0.233 e. The van der Waals surface area contributed by atoms with Crippen LogP contribution >= 0.6 is 0 Å². The van der Waals surface area contributed by atoms with Crippen LogP contribution in [0.2, 0.25) is 0 Å². The number of benzene rings is 1. The zero-order valence-corrected chi connectivity index (χ0v) is 18.6. The average molecular weight is 445 g/mol. The maximum absolute atomic E-state index is 14.1. The van der Waals surface area contributed by atoms with Gasteiger partial charge in [-0.05, 0) is 37.8 Å². The molecule has 2 saturated carbocycles. The van der Waals surface area contributed by atoms with Crippen LogP contribution in [0.3, 0.4) is 0 Å². The largest absolute Gasteiger partial charge is 0.494 e. The van der Waals surface area contributed by atoms with Crippen molar-refractivity contribution in [2.75, 3.05) is 23.1 Å². The minimum absolute atomic E-state index is 0.0943. The molecule has 8 nitrogen and oxygen atoms in total. The molecule has 0 radical (unpaired) electrons. The quantitative estimate of drug-likeness (QED) is 0.459. The van der Waals surface area contributed by atoms with Crippen molar-refractivity contribution in [1.29, 1.82) is 0 Å². The number of aliphatic hydroxyl groups is 1. The van der Waals surface area contributed by atoms with Crippen LogP contribution in [0, 0.1) is 5.82 Å². The Morgan fingerprint density at radius 3 is 2.22 bits per heavy atom. The molecular weight excluding hydrogens is 411 g/mol. The number of rotatable bonds is 7. The fraction of sp³-hybridized carbons (Fsp3) is 0.609. The number of halogens is 1. The van der Waals surface area contributed by atoms with E-state index < -0.39 is 11.9 Å². The molecular formula is C23H33FN6O2. The zero-order valence-electron chi connectivity index (χ0n) is 18.6. The molecule has 2 aromatic rings. The number of aliphatic hydroxyl groups excluding tert-OH is 1. The van der Waals surface area contributed by atoms with Crippen molar-refractivity contribution in [3.8, 4) is 5.75 Å². The van der Waals surface area contributed by atoms with Crippen molar-refractivity contribution in [2.24, 2.45) is 0 Å². The Balaban J connectivity index is 1.56. The zero-order chi connectivity index (χ0) is 22.3. The fourth-order valence-corrected chi connectivity index (χ4v) is 4.49. The van der Waals surface area contributed by atoms with Gasteiger partial charge in [0.15, 0.2) is 11.6 Å². The molecule has 1 aromatic carbocycles. The van der Waals surface area contributed by atoms with E-state index in [0.29, 0.717) is 29.6 Å². The van der Waals surface area contributed by atoms with Crippen LogP contribution in [0.1, 0.15) is 64.2 Å². The van der Waals surface area contributed by atoms with Gasteiger partial charge in [0.05, 0.1) is 19.3 Å². The Kier molecular flexibility index (Phi) is 7.57. The highest BCUT2D eigenvalue weighted by atomic mass is 19.1. The van der Waals surface area contributed by atoms with Gasteiger partial charge in [-0.15, -0.1) is 0 Å². The van der Waals surface area contributed by atoms with E-state index in [0.717, 1.165) is 38.5 Å². The van der Waals surface area contributed by atoms with Gasteiger partial charge in [-0.3, -0.25) is 0 Å². The van der Waals surface area contributed by atoms with Crippen LogP contribution in [-0.2, 0) is 0 Å². The molecule has 0 aliphatic heterocycles. The van der Waals surface area contributed by atoms with Gasteiger partial charge in [-0.25, -0.2) is 4.39 Å². The molecule has 32 heavy (non-hydrogen) atoms. The second-order valence-corrected chi connectivity index (χ2v) is 8.72. The molecule has 4 rings (SSSR count). The van der Waals surface area contributed by atoms with Gasteiger partial charge in [-0.2, -0.15) is 15.0 Å². The van der Waals surface area contributed by atoms with Gasteiger partial charge in [-0.1, -0.05) is 38.5 Å². The number of hydrogen-bond acceptors (Lipinski definition) is 8. The van der Waals surface area contributed by atoms with Crippen LogP contribution < -0.4 is 20.7 Å². The molecule has 2 aliphatic carbocycles. The lowest BCUT2D eigenvalue weighted by Gasteiger charge is -2.28. The van der Waals surface area contributed by atoms with E-state index in [9.17, 15) is 9.50 Å². The molecule has 0 bridgehead atoms. The third-order valence-corrected chi connectivity index (χ3v) is 6.28. The summed E-state index contributed by atoms with van der Waals surface area (Å²) in [5.74, 6) is 0.908. The summed E-state index contributed by atoms with van der Waals surface area (Å²) in [7, 11) is 1.43. The number of methoxy groups -OCH3 is 1. The first-order chi connectivity index (χ1) is 15.6. The van der Waals surface area contributed by atoms with Gasteiger partial charge in [0, 0.05) is 17.8 Å². The summed E-state index contributed by atoms with van der Waals surface area (Å²) in [6.45, 7) is 0. The Hall–Kier alpha value is -2.68. The van der Waals surface area contributed by atoms with Crippen molar-refractivity contribution in [3.05, 3.63) is 24.0 Å². The minimum Gasteiger partial charge on any atom is -0.494 e. The normalized spacial score (nSPS) is 22.1. The molecule has 2 aliphatic rings. The second-order valence-electron chi connectivity index (χ2n) is 8.72. The first kappa shape index (κ1) is 22.5. The topological polar surface area (TPSA) is 104 Å². The van der Waals surface area contributed by atoms with E-state index in [1.165, 1.54) is 38.9 Å². The van der Waals surface area contributed by atoms with E-state index in [2.05, 4.69) is 30.9 Å². The number of aromatic nitrogens is 3. The lowest BCUT2D eigenvalue weighted by atomic mass is 9.93. The molecule has 174 valence electrons. The number of nitrogens with one attached hydrogen (secondary N) is 3. The molecule has 2 unspecified atom stereocenters. The van der Waals surface area contributed by atoms with E-state index in [-0.39, 0.29) is 11.8 Å². The van der Waals surface area contributed by atoms with Crippen LogP contribution in [0.5, 0.6) is 5.75 Å². The lowest BCUT2D eigenvalue weighted by molar-refractivity contribution is 0.116. The van der Waals surface area contributed by atoms with E-state index in [1.807, 2.05) is 0 Å². The lowest BCUT2D eigenvalue weighted by Crippen LogP contribution is -2.37. The van der Waals surface area contributed by atoms with Gasteiger partial charge < -0.3 is 25.8 Å². The third-order valence-electron chi connectivity index (χ3n) is 6.28. The molecule has 0 saturated heterocycles. The maximum Gasteiger partial charge on any atom is 0.233 e. The van der Waals surface area contributed by atoms with Crippen molar-refractivity contribution in [2.45, 2.75) is 82.4 Å². The minimum atomic E-state index is -0.466. The predicted octanol–water partition coefficient (Wildman–Crippen LogP) is 4.61. The molecule has 4 N–H and O–H groups in total. The highest BCUT2D eigenvalue weighted by Gasteiger charge is 2.24. The summed E-state index contributed by atoms with van der Waals surface area (Å²) in [5, 5.41) is 20.2. The molecule has 2 atom stereocenters. The standard InChI is InChI=1S/C23H33FN6O2/c1-32-20-13-12-16(14-17(20)24)26-22-28-21(25-15-8-4-2-3-5-9-15)29-23(30-22)27-18-10-6-7-11-19(18)31/h12-15,18-19,31H,2-11H2,1H3,(H3,25,26,27,28,29,30). The summed E-state index contributed by atoms with van der Waals surface area (Å²) in [6.07, 6.45) is 10.4. The van der Waals surface area contributed by atoms with E-state index >= 15 is 0 Å². The van der Waals surface area contributed by atoms with Crippen LogP contribution in [-0.4, -0.2) is 45.4 Å². The van der Waals surface area contributed by atoms with Gasteiger partial charge >= 0.3 is 0 Å². The Morgan fingerprint density at radius 1 is 0.875 bits per heavy atom. The molecule has 1 heterocycles. The Labute approximate surface area is 188 Å². The second kappa shape index (κ2) is 10.8. The SMILES string of the molecule is COc1ccc(Nc2nc(NC3CCCCCC3)nc(NC3CCCCC3O)n2)cc1F. The highest BCUT2D eigenvalue weighted by molar-refractivity contribution is 5.57. The van der Waals surface area contributed by atoms with Crippen molar-refractivity contribution >= 4 is 23.5 Å². The summed E-state index contributed by atoms with van der Waals surface area (Å²) in [5.41, 5.74) is 0.513. The summed E-state index contributed by atoms with van der Waals surface area (Å²) < 4.78 is 19.1. The average Bonchev–Trinajstić information content (AvgIpc) is 3.04. The Morgan fingerprint density at radius 2 is 1.53 bits per heavy atom. The summed E-state index contributed by atoms with van der Waals surface area (Å²) in [4.78, 5) is 13.6. The van der Waals surface area contributed by atoms with Crippen LogP contribution in [0.25, 0.3) is 0 Å². The van der Waals surface area contributed by atoms with E-state index in [4.69, 9.17) is 4.74 Å². The monoisotopic (exact) mass is 444 g/mol. The molecule has 0 amide bonds. The van der Waals surface area contributed by atoms with Gasteiger partial charge in [0.25, 0.3) is 0 Å². The van der Waals surface area contributed by atoms with Crippen molar-refractivity contribution in [3.63, 3.8) is 0 Å². The number of anilines is 4. The first-order valence-electron chi connectivity index (χ1n) is 11.7. The van der Waals surface area contributed by atoms with Gasteiger partial charge in [0.1, 0.15) is 0 Å². The number of hydrogen-bond donors (Lipinski definition) is 4. The fourth-order valence-electron chi connectivity index (χ4n) is 4.49. The Bertz CT molecular complexity index is 891. The predicted molar refractivity (Wildman–Crippen MR) is 123 cm³/mol. The summed E-state index contributed by atoms with van der Waals surface area (Å²) in [6, 6.07) is 4.84. The number of nitrogens with zero attached hydrogens (tertiary/aromatic N) is 3. The molecule has 1 aromatic heterocycles. The van der Waals surface area contributed by atoms with Crippen molar-refractivity contribution in [1.82, 2.24) is 15.0 Å². The van der Waals surface area contributed by atoms with Crippen molar-refractivity contribution < 1.29 is 14.2 Å². The van der Waals surface area contributed by atoms with Gasteiger partial charge in [0.2, 0.25) is 17.8 Å². The molecule has 0 spiro atoms. The molecule has 2 fully saturated rings. The number of ether oxygens (including phenoxy) is 1. The van der Waals surface area contributed by atoms with Crippen LogP contribution in [0.15, 0.2) is 18.2 Å². The maximum atomic E-state index is 14.1. The van der Waals surface area contributed by atoms with E-state index in [1.54, 1.807) is 12.1 Å².